The zero-order chi connectivity index (χ0) is 15.2. The van der Waals surface area contributed by atoms with E-state index in [0.29, 0.717) is 19.3 Å². The van der Waals surface area contributed by atoms with Crippen LogP contribution in [0.1, 0.15) is 38.7 Å². The van der Waals surface area contributed by atoms with E-state index in [-0.39, 0.29) is 0 Å². The molecule has 0 aliphatic rings. The van der Waals surface area contributed by atoms with Crippen molar-refractivity contribution in [1.29, 1.82) is 0 Å². The zero-order valence-electron chi connectivity index (χ0n) is 12.4. The minimum absolute atomic E-state index is 0.427. The molecule has 0 radical (unpaired) electrons. The minimum Gasteiger partial charge on any atom is -0.497 e. The number of aliphatic hydroxyl groups is 1. The van der Waals surface area contributed by atoms with E-state index in [4.69, 9.17) is 4.74 Å². The maximum absolute atomic E-state index is 11.3. The molecule has 1 aromatic rings. The molecule has 0 aliphatic carbocycles. The Morgan fingerprint density at radius 2 is 1.95 bits per heavy atom. The average Bonchev–Trinajstić information content (AvgIpc) is 2.42. The van der Waals surface area contributed by atoms with Crippen LogP contribution in [0, 0.1) is 5.92 Å². The number of hydrogen-bond donors (Lipinski definition) is 2. The molecule has 112 valence electrons. The zero-order valence-corrected chi connectivity index (χ0v) is 12.4. The number of carboxylic acid groups (broad SMARTS) is 1. The fourth-order valence-corrected chi connectivity index (χ4v) is 2.35. The van der Waals surface area contributed by atoms with Crippen molar-refractivity contribution in [2.24, 2.45) is 5.92 Å². The molecule has 0 heterocycles. The maximum atomic E-state index is 11.3. The highest BCUT2D eigenvalue weighted by Gasteiger charge is 2.36. The van der Waals surface area contributed by atoms with Crippen molar-refractivity contribution in [1.82, 2.24) is 0 Å². The van der Waals surface area contributed by atoms with Crippen molar-refractivity contribution in [2.45, 2.75) is 45.1 Å². The van der Waals surface area contributed by atoms with Crippen LogP contribution in [0.15, 0.2) is 24.3 Å². The minimum atomic E-state index is -1.19. The van der Waals surface area contributed by atoms with Crippen LogP contribution in [0.25, 0.3) is 0 Å². The van der Waals surface area contributed by atoms with Gasteiger partial charge in [-0.3, -0.25) is 4.79 Å². The lowest BCUT2D eigenvalue weighted by Crippen LogP contribution is -2.40. The summed E-state index contributed by atoms with van der Waals surface area (Å²) in [5, 5.41) is 19.7. The van der Waals surface area contributed by atoms with Crippen molar-refractivity contribution >= 4 is 5.97 Å². The predicted molar refractivity (Wildman–Crippen MR) is 78.0 cm³/mol. The normalized spacial score (nSPS) is 15.4. The summed E-state index contributed by atoms with van der Waals surface area (Å²) in [5.74, 6) is -0.854. The lowest BCUT2D eigenvalue weighted by molar-refractivity contribution is -0.152. The summed E-state index contributed by atoms with van der Waals surface area (Å²) in [5.41, 5.74) is -0.131. The second kappa shape index (κ2) is 7.29. The Bertz CT molecular complexity index is 423. The maximum Gasteiger partial charge on any atom is 0.309 e. The van der Waals surface area contributed by atoms with Gasteiger partial charge in [-0.25, -0.2) is 0 Å². The van der Waals surface area contributed by atoms with Gasteiger partial charge in [-0.05, 0) is 43.9 Å². The molecule has 2 N–H and O–H groups in total. The second-order valence-corrected chi connectivity index (χ2v) is 5.38. The molecule has 20 heavy (non-hydrogen) atoms. The molecule has 0 bridgehead atoms. The highest BCUT2D eigenvalue weighted by atomic mass is 16.5. The van der Waals surface area contributed by atoms with Gasteiger partial charge >= 0.3 is 5.97 Å². The molecule has 2 unspecified atom stereocenters. The Balaban J connectivity index is 2.66. The van der Waals surface area contributed by atoms with Crippen molar-refractivity contribution in [3.63, 3.8) is 0 Å². The molecule has 0 fully saturated rings. The summed E-state index contributed by atoms with van der Waals surface area (Å²) in [6.07, 6.45) is 2.31. The molecule has 0 spiro atoms. The van der Waals surface area contributed by atoms with Gasteiger partial charge < -0.3 is 14.9 Å². The Labute approximate surface area is 120 Å². The van der Waals surface area contributed by atoms with Crippen LogP contribution in [-0.4, -0.2) is 28.9 Å². The topological polar surface area (TPSA) is 66.8 Å². The number of carboxylic acids is 1. The van der Waals surface area contributed by atoms with Crippen molar-refractivity contribution in [3.05, 3.63) is 29.8 Å². The molecular weight excluding hydrogens is 256 g/mol. The number of carbonyl (C=O) groups is 1. The van der Waals surface area contributed by atoms with E-state index < -0.39 is 17.5 Å². The summed E-state index contributed by atoms with van der Waals surface area (Å²) in [7, 11) is 1.61. The van der Waals surface area contributed by atoms with Gasteiger partial charge in [0.25, 0.3) is 0 Å². The number of rotatable bonds is 8. The summed E-state index contributed by atoms with van der Waals surface area (Å²) < 4.78 is 5.09. The first-order valence-electron chi connectivity index (χ1n) is 6.98. The number of methoxy groups -OCH3 is 1. The van der Waals surface area contributed by atoms with Gasteiger partial charge in [-0.15, -0.1) is 0 Å². The lowest BCUT2D eigenvalue weighted by Gasteiger charge is -2.30. The van der Waals surface area contributed by atoms with Crippen LogP contribution in [0.3, 0.4) is 0 Å². The SMILES string of the molecule is CCCC(C(=O)O)C(C)(O)CCc1ccc(OC)cc1. The van der Waals surface area contributed by atoms with Gasteiger partial charge in [-0.1, -0.05) is 25.5 Å². The van der Waals surface area contributed by atoms with E-state index in [1.54, 1.807) is 14.0 Å². The van der Waals surface area contributed by atoms with Crippen molar-refractivity contribution in [2.75, 3.05) is 7.11 Å². The van der Waals surface area contributed by atoms with E-state index in [1.807, 2.05) is 31.2 Å². The third-order valence-corrected chi connectivity index (χ3v) is 3.71. The highest BCUT2D eigenvalue weighted by molar-refractivity contribution is 5.71. The molecule has 1 aromatic carbocycles. The molecule has 1 rings (SSSR count). The summed E-state index contributed by atoms with van der Waals surface area (Å²) >= 11 is 0. The summed E-state index contributed by atoms with van der Waals surface area (Å²) in [4.78, 5) is 11.3. The second-order valence-electron chi connectivity index (χ2n) is 5.38. The number of ether oxygens (including phenoxy) is 1. The molecule has 0 saturated carbocycles. The Hall–Kier alpha value is -1.55. The molecule has 0 amide bonds. The number of aliphatic carboxylic acids is 1. The standard InChI is InChI=1S/C16H24O4/c1-4-5-14(15(17)18)16(2,19)11-10-12-6-8-13(20-3)9-7-12/h6-9,14,19H,4-5,10-11H2,1-3H3,(H,17,18). The van der Waals surface area contributed by atoms with Gasteiger partial charge in [0.1, 0.15) is 5.75 Å². The average molecular weight is 280 g/mol. The van der Waals surface area contributed by atoms with Crippen molar-refractivity contribution < 1.29 is 19.7 Å². The van der Waals surface area contributed by atoms with Gasteiger partial charge in [0, 0.05) is 0 Å². The van der Waals surface area contributed by atoms with E-state index in [9.17, 15) is 15.0 Å². The van der Waals surface area contributed by atoms with E-state index in [1.165, 1.54) is 0 Å². The number of aryl methyl sites for hydroxylation is 1. The molecule has 4 heteroatoms. The van der Waals surface area contributed by atoms with Crippen LogP contribution < -0.4 is 4.74 Å². The third-order valence-electron chi connectivity index (χ3n) is 3.71. The first kappa shape index (κ1) is 16.5. The molecule has 0 saturated heterocycles. The molecular formula is C16H24O4. The smallest absolute Gasteiger partial charge is 0.309 e. The third kappa shape index (κ3) is 4.53. The number of benzene rings is 1. The molecule has 0 aliphatic heterocycles. The van der Waals surface area contributed by atoms with Crippen LogP contribution in [0.5, 0.6) is 5.75 Å². The molecule has 0 aromatic heterocycles. The van der Waals surface area contributed by atoms with Gasteiger partial charge in [0.2, 0.25) is 0 Å². The number of hydrogen-bond acceptors (Lipinski definition) is 3. The molecule has 2 atom stereocenters. The van der Waals surface area contributed by atoms with Crippen molar-refractivity contribution in [3.8, 4) is 5.75 Å². The van der Waals surface area contributed by atoms with Crippen LogP contribution in [0.2, 0.25) is 0 Å². The Morgan fingerprint density at radius 3 is 2.40 bits per heavy atom. The molecule has 4 nitrogen and oxygen atoms in total. The monoisotopic (exact) mass is 280 g/mol. The lowest BCUT2D eigenvalue weighted by atomic mass is 9.81. The van der Waals surface area contributed by atoms with E-state index >= 15 is 0 Å². The van der Waals surface area contributed by atoms with E-state index in [2.05, 4.69) is 0 Å². The fraction of sp³-hybridized carbons (Fsp3) is 0.562. The Kier molecular flexibility index (Phi) is 6.02. The fourth-order valence-electron chi connectivity index (χ4n) is 2.35. The summed E-state index contributed by atoms with van der Waals surface area (Å²) in [6.45, 7) is 3.54. The van der Waals surface area contributed by atoms with Crippen LogP contribution in [0.4, 0.5) is 0 Å². The van der Waals surface area contributed by atoms with E-state index in [0.717, 1.165) is 17.7 Å². The Morgan fingerprint density at radius 1 is 1.35 bits per heavy atom. The quantitative estimate of drug-likeness (QED) is 0.768. The van der Waals surface area contributed by atoms with Gasteiger partial charge in [0.15, 0.2) is 0 Å². The van der Waals surface area contributed by atoms with Crippen LogP contribution in [-0.2, 0) is 11.2 Å². The van der Waals surface area contributed by atoms with Gasteiger partial charge in [0.05, 0.1) is 18.6 Å². The highest BCUT2D eigenvalue weighted by Crippen LogP contribution is 2.27. The first-order chi connectivity index (χ1) is 9.40. The largest absolute Gasteiger partial charge is 0.497 e. The van der Waals surface area contributed by atoms with Crippen LogP contribution >= 0.6 is 0 Å². The summed E-state index contributed by atoms with van der Waals surface area (Å²) in [6, 6.07) is 7.60. The first-order valence-corrected chi connectivity index (χ1v) is 6.98. The van der Waals surface area contributed by atoms with Gasteiger partial charge in [-0.2, -0.15) is 0 Å². The predicted octanol–water partition coefficient (Wildman–Crippen LogP) is 2.88.